The fraction of sp³-hybridized carbons (Fsp3) is 0.909. The molecule has 450 valence electrons. The summed E-state index contributed by atoms with van der Waals surface area (Å²) in [5.41, 5.74) is 0. The van der Waals surface area contributed by atoms with Crippen LogP contribution in [0.2, 0.25) is 0 Å². The number of nitrogens with zero attached hydrogens (tertiary/aromatic N) is 1. The third kappa shape index (κ3) is 57.2. The van der Waals surface area contributed by atoms with Crippen molar-refractivity contribution in [3.63, 3.8) is 0 Å². The molecule has 0 aliphatic heterocycles. The number of carbonyl (C=O) groups is 2. The van der Waals surface area contributed by atoms with Crippen molar-refractivity contribution in [2.75, 3.05) is 40.9 Å². The van der Waals surface area contributed by atoms with Crippen LogP contribution in [0.4, 0.5) is 0 Å². The minimum absolute atomic E-state index is 0.0202. The van der Waals surface area contributed by atoms with Crippen LogP contribution in [0.3, 0.4) is 0 Å². The zero-order valence-corrected chi connectivity index (χ0v) is 52.4. The van der Waals surface area contributed by atoms with Gasteiger partial charge in [0.15, 0.2) is 0 Å². The zero-order valence-electron chi connectivity index (χ0n) is 51.5. The average Bonchev–Trinajstić information content (AvgIpc) is 3.38. The number of allylic oxidation sites excluding steroid dienone is 3. The van der Waals surface area contributed by atoms with E-state index in [0.29, 0.717) is 17.4 Å². The Labute approximate surface area is 473 Å². The number of amides is 1. The predicted molar refractivity (Wildman–Crippen MR) is 326 cm³/mol. The Balaban J connectivity index is 5.17. The van der Waals surface area contributed by atoms with Crippen molar-refractivity contribution in [3.05, 3.63) is 24.3 Å². The number of rotatable bonds is 61. The van der Waals surface area contributed by atoms with Crippen molar-refractivity contribution in [1.29, 1.82) is 0 Å². The number of nitrogens with one attached hydrogen (secondary N) is 1. The summed E-state index contributed by atoms with van der Waals surface area (Å²) in [5, 5.41) is 3.04. The topological polar surface area (TPSA) is 114 Å². The highest BCUT2D eigenvalue weighted by Crippen LogP contribution is 2.38. The summed E-state index contributed by atoms with van der Waals surface area (Å²) in [6.07, 6.45) is 67.2. The molecule has 0 aromatic rings. The summed E-state index contributed by atoms with van der Waals surface area (Å²) in [4.78, 5) is 40.1. The molecule has 76 heavy (non-hydrogen) atoms. The van der Waals surface area contributed by atoms with Crippen LogP contribution < -0.4 is 10.2 Å². The average molecular weight is 1090 g/mol. The van der Waals surface area contributed by atoms with Crippen LogP contribution in [0.1, 0.15) is 335 Å². The lowest BCUT2D eigenvalue weighted by Crippen LogP contribution is -2.47. The summed E-state index contributed by atoms with van der Waals surface area (Å²) in [7, 11) is 1.20. The Morgan fingerprint density at radius 1 is 0.447 bits per heavy atom. The summed E-state index contributed by atoms with van der Waals surface area (Å²) in [6.45, 7) is 6.89. The van der Waals surface area contributed by atoms with E-state index in [2.05, 4.69) is 38.2 Å². The van der Waals surface area contributed by atoms with Crippen LogP contribution in [0, 0.1) is 0 Å². The lowest BCUT2D eigenvalue weighted by Gasteiger charge is -2.30. The van der Waals surface area contributed by atoms with E-state index in [0.717, 1.165) is 77.0 Å². The number of carbonyl (C=O) groups excluding carboxylic acids is 2. The minimum Gasteiger partial charge on any atom is -0.756 e. The highest BCUT2D eigenvalue weighted by atomic mass is 31.2. The standard InChI is InChI=1S/C66H129N2O7P/c1-7-10-13-16-19-22-25-28-30-32-33-34-35-36-38-41-44-47-50-53-56-59-66(70)75-64(57-54-51-48-45-42-39-27-24-21-18-15-12-9-3)63(62-74-76(71,72)73-61-60-68(4,5)6)67-65(69)58-55-52-49-46-43-40-37-31-29-26-23-20-17-14-11-8-2/h31,37,54,57,63-64H,7-30,32-36,38-53,55-56,58-62H2,1-6H3,(H-,67,69,71,72)/b37-31+,57-54+. The molecule has 0 aliphatic carbocycles. The SMILES string of the molecule is CCCCCCCCC/C=C/CCCCCCCC(=O)NC(COP(=O)([O-])OCC[N+](C)(C)C)C(/C=C/CCCCCCCCCCCCC)OC(=O)CCCCCCCCCCCCCCCCCCCCCCC. The van der Waals surface area contributed by atoms with Gasteiger partial charge in [-0.05, 0) is 57.4 Å². The zero-order chi connectivity index (χ0) is 55.7. The predicted octanol–water partition coefficient (Wildman–Crippen LogP) is 19.9. The Bertz CT molecular complexity index is 1350. The molecule has 0 spiro atoms. The van der Waals surface area contributed by atoms with Gasteiger partial charge in [0.05, 0.1) is 33.8 Å². The molecule has 0 aromatic heterocycles. The lowest BCUT2D eigenvalue weighted by molar-refractivity contribution is -0.870. The molecule has 0 aromatic carbocycles. The van der Waals surface area contributed by atoms with Crippen LogP contribution >= 0.6 is 7.82 Å². The number of quaternary nitrogens is 1. The first-order valence-corrected chi connectivity index (χ1v) is 34.6. The van der Waals surface area contributed by atoms with Gasteiger partial charge in [-0.3, -0.25) is 14.2 Å². The molecule has 0 rings (SSSR count). The van der Waals surface area contributed by atoms with Crippen LogP contribution in [0.5, 0.6) is 0 Å². The quantitative estimate of drug-likeness (QED) is 0.0212. The van der Waals surface area contributed by atoms with Gasteiger partial charge in [-0.1, -0.05) is 289 Å². The first-order chi connectivity index (χ1) is 36.9. The molecule has 0 saturated heterocycles. The Hall–Kier alpha value is -1.51. The lowest BCUT2D eigenvalue weighted by atomic mass is 10.0. The summed E-state index contributed by atoms with van der Waals surface area (Å²) in [6, 6.07) is -0.887. The maximum absolute atomic E-state index is 13.5. The van der Waals surface area contributed by atoms with Crippen LogP contribution in [-0.4, -0.2) is 69.4 Å². The van der Waals surface area contributed by atoms with Gasteiger partial charge in [-0.15, -0.1) is 0 Å². The summed E-state index contributed by atoms with van der Waals surface area (Å²) in [5.74, 6) is -0.531. The summed E-state index contributed by atoms with van der Waals surface area (Å²) >= 11 is 0. The van der Waals surface area contributed by atoms with Gasteiger partial charge in [0.1, 0.15) is 19.3 Å². The van der Waals surface area contributed by atoms with E-state index in [-0.39, 0.29) is 31.5 Å². The Morgan fingerprint density at radius 2 is 0.763 bits per heavy atom. The van der Waals surface area contributed by atoms with E-state index in [1.165, 1.54) is 225 Å². The van der Waals surface area contributed by atoms with E-state index < -0.39 is 20.0 Å². The van der Waals surface area contributed by atoms with Crippen molar-refractivity contribution in [2.24, 2.45) is 0 Å². The molecule has 0 radical (unpaired) electrons. The first-order valence-electron chi connectivity index (χ1n) is 33.1. The number of hydrogen-bond donors (Lipinski definition) is 1. The van der Waals surface area contributed by atoms with Gasteiger partial charge in [0, 0.05) is 12.8 Å². The molecule has 0 heterocycles. The third-order valence-electron chi connectivity index (χ3n) is 15.1. The Kier molecular flexibility index (Phi) is 55.6. The van der Waals surface area contributed by atoms with E-state index in [1.807, 2.05) is 33.3 Å². The third-order valence-corrected chi connectivity index (χ3v) is 16.1. The molecule has 10 heteroatoms. The number of hydrogen-bond acceptors (Lipinski definition) is 7. The van der Waals surface area contributed by atoms with Gasteiger partial charge in [0.2, 0.25) is 5.91 Å². The van der Waals surface area contributed by atoms with Crippen molar-refractivity contribution in [1.82, 2.24) is 5.32 Å². The smallest absolute Gasteiger partial charge is 0.306 e. The molecular formula is C66H129N2O7P. The van der Waals surface area contributed by atoms with E-state index in [4.69, 9.17) is 13.8 Å². The monoisotopic (exact) mass is 1090 g/mol. The maximum Gasteiger partial charge on any atom is 0.306 e. The van der Waals surface area contributed by atoms with E-state index >= 15 is 0 Å². The minimum atomic E-state index is -4.70. The molecule has 0 saturated carbocycles. The van der Waals surface area contributed by atoms with Gasteiger partial charge in [0.25, 0.3) is 7.82 Å². The molecule has 9 nitrogen and oxygen atoms in total. The number of ether oxygens (including phenoxy) is 1. The number of unbranched alkanes of at least 4 members (excludes halogenated alkanes) is 43. The first kappa shape index (κ1) is 74.5. The maximum atomic E-state index is 13.5. The molecular weight excluding hydrogens is 964 g/mol. The number of phosphoric ester groups is 1. The van der Waals surface area contributed by atoms with Crippen molar-refractivity contribution in [3.8, 4) is 0 Å². The van der Waals surface area contributed by atoms with E-state index in [1.54, 1.807) is 0 Å². The highest BCUT2D eigenvalue weighted by Gasteiger charge is 2.27. The second kappa shape index (κ2) is 56.8. The molecule has 3 atom stereocenters. The number of esters is 1. The van der Waals surface area contributed by atoms with Crippen molar-refractivity contribution < 1.29 is 37.3 Å². The second-order valence-electron chi connectivity index (χ2n) is 24.0. The van der Waals surface area contributed by atoms with Crippen LogP contribution in [0.25, 0.3) is 0 Å². The van der Waals surface area contributed by atoms with Gasteiger partial charge >= 0.3 is 5.97 Å². The number of likely N-dealkylation sites (N-methyl/N-ethyl adjacent to an activating group) is 1. The van der Waals surface area contributed by atoms with Gasteiger partial charge in [-0.2, -0.15) is 0 Å². The summed E-state index contributed by atoms with van der Waals surface area (Å²) < 4.78 is 30.4. The number of phosphoric acid groups is 1. The van der Waals surface area contributed by atoms with E-state index in [9.17, 15) is 19.0 Å². The van der Waals surface area contributed by atoms with Gasteiger partial charge in [-0.25, -0.2) is 0 Å². The fourth-order valence-electron chi connectivity index (χ4n) is 9.99. The highest BCUT2D eigenvalue weighted by molar-refractivity contribution is 7.45. The normalized spacial score (nSPS) is 13.7. The molecule has 1 N–H and O–H groups in total. The van der Waals surface area contributed by atoms with Crippen molar-refractivity contribution >= 4 is 19.7 Å². The molecule has 1 amide bonds. The Morgan fingerprint density at radius 3 is 1.12 bits per heavy atom. The van der Waals surface area contributed by atoms with Gasteiger partial charge < -0.3 is 28.5 Å². The second-order valence-corrected chi connectivity index (χ2v) is 25.4. The molecule has 0 aliphatic rings. The largest absolute Gasteiger partial charge is 0.756 e. The molecule has 0 bridgehead atoms. The molecule has 0 fully saturated rings. The fourth-order valence-corrected chi connectivity index (χ4v) is 10.7. The van der Waals surface area contributed by atoms with Crippen molar-refractivity contribution in [2.45, 2.75) is 348 Å². The van der Waals surface area contributed by atoms with Crippen LogP contribution in [0.15, 0.2) is 24.3 Å². The van der Waals surface area contributed by atoms with Crippen LogP contribution in [-0.2, 0) is 27.9 Å². The molecule has 3 unspecified atom stereocenters.